The molecule has 2 aromatic rings. The first-order chi connectivity index (χ1) is 13.4. The van der Waals surface area contributed by atoms with Crippen LogP contribution in [0.1, 0.15) is 26.7 Å². The molecule has 3 N–H and O–H groups in total. The largest absolute Gasteiger partial charge is 0.388 e. The topological polar surface area (TPSA) is 58.1 Å². The average Bonchev–Trinajstić information content (AvgIpc) is 3.50. The maximum Gasteiger partial charge on any atom is 0.250 e. The van der Waals surface area contributed by atoms with Gasteiger partial charge in [-0.25, -0.2) is 0 Å². The van der Waals surface area contributed by atoms with Crippen LogP contribution in [0, 0.1) is 0 Å². The first-order valence-corrected chi connectivity index (χ1v) is 9.51. The maximum atomic E-state index is 11.6. The number of allylic oxidation sites excluding steroid dienone is 3. The Morgan fingerprint density at radius 1 is 1.07 bits per heavy atom. The zero-order valence-corrected chi connectivity index (χ0v) is 18.0. The Morgan fingerprint density at radius 3 is 2.14 bits per heavy atom. The number of nitrogens with one attached hydrogen (secondary N) is 3. The number of hydrogen-bond acceptors (Lipinski definition) is 4. The summed E-state index contributed by atoms with van der Waals surface area (Å²) in [7, 11) is 7.43. The van der Waals surface area contributed by atoms with E-state index in [1.807, 2.05) is 40.3 Å². The standard InChI is InChI=1S/C18H21N3O.C3H6.C2H7N/c1-12(13-4-5-13)20-17-9-15(8-16(10-17)19-2)14-6-7-18(22)21(3)11-14;2*1-3-2/h6-11,19-20H,4-5H2,1-3H3;3H,1H2,2H3;3H,1-2H3. The highest BCUT2D eigenvalue weighted by molar-refractivity contribution is 5.74. The maximum absolute atomic E-state index is 11.6. The molecule has 152 valence electrons. The van der Waals surface area contributed by atoms with Gasteiger partial charge in [-0.3, -0.25) is 4.79 Å². The van der Waals surface area contributed by atoms with Gasteiger partial charge in [0.2, 0.25) is 5.56 Å². The molecule has 5 nitrogen and oxygen atoms in total. The normalized spacial score (nSPS) is 11.3. The van der Waals surface area contributed by atoms with Gasteiger partial charge >= 0.3 is 0 Å². The van der Waals surface area contributed by atoms with Crippen LogP contribution in [0.3, 0.4) is 0 Å². The van der Waals surface area contributed by atoms with Gasteiger partial charge < -0.3 is 20.5 Å². The summed E-state index contributed by atoms with van der Waals surface area (Å²) in [4.78, 5) is 11.6. The summed E-state index contributed by atoms with van der Waals surface area (Å²) < 4.78 is 1.60. The summed E-state index contributed by atoms with van der Waals surface area (Å²) in [6, 6.07) is 9.77. The molecule has 1 heterocycles. The van der Waals surface area contributed by atoms with E-state index in [2.05, 4.69) is 47.7 Å². The predicted molar refractivity (Wildman–Crippen MR) is 123 cm³/mol. The molecule has 1 saturated carbocycles. The van der Waals surface area contributed by atoms with Gasteiger partial charge in [-0.2, -0.15) is 0 Å². The van der Waals surface area contributed by atoms with Crippen molar-refractivity contribution in [3.05, 3.63) is 70.8 Å². The molecule has 1 aliphatic carbocycles. The molecule has 1 fully saturated rings. The minimum Gasteiger partial charge on any atom is -0.388 e. The number of benzene rings is 1. The molecule has 0 unspecified atom stereocenters. The first kappa shape index (κ1) is 23.2. The van der Waals surface area contributed by atoms with Crippen LogP contribution in [0.5, 0.6) is 0 Å². The van der Waals surface area contributed by atoms with E-state index in [0.717, 1.165) is 22.5 Å². The number of rotatable bonds is 4. The van der Waals surface area contributed by atoms with E-state index in [9.17, 15) is 4.79 Å². The van der Waals surface area contributed by atoms with Crippen molar-refractivity contribution in [2.75, 3.05) is 31.8 Å². The van der Waals surface area contributed by atoms with Crippen LogP contribution in [0.4, 0.5) is 11.4 Å². The van der Waals surface area contributed by atoms with Gasteiger partial charge in [0.25, 0.3) is 0 Å². The van der Waals surface area contributed by atoms with E-state index in [-0.39, 0.29) is 5.56 Å². The number of hydrogen-bond donors (Lipinski definition) is 3. The highest BCUT2D eigenvalue weighted by Crippen LogP contribution is 2.33. The zero-order valence-electron chi connectivity index (χ0n) is 18.0. The molecule has 0 bridgehead atoms. The van der Waals surface area contributed by atoms with Crippen molar-refractivity contribution in [1.29, 1.82) is 0 Å². The van der Waals surface area contributed by atoms with Crippen molar-refractivity contribution in [3.8, 4) is 11.1 Å². The molecular formula is C23H34N4O. The third kappa shape index (κ3) is 7.45. The van der Waals surface area contributed by atoms with Crippen molar-refractivity contribution in [2.45, 2.75) is 26.7 Å². The molecule has 0 spiro atoms. The number of aryl methyl sites for hydroxylation is 1. The molecule has 0 saturated heterocycles. The summed E-state index contributed by atoms with van der Waals surface area (Å²) >= 11 is 0. The van der Waals surface area contributed by atoms with Gasteiger partial charge in [0.15, 0.2) is 0 Å². The minimum atomic E-state index is 0.00109. The van der Waals surface area contributed by atoms with Crippen molar-refractivity contribution in [3.63, 3.8) is 0 Å². The van der Waals surface area contributed by atoms with E-state index < -0.39 is 0 Å². The lowest BCUT2D eigenvalue weighted by Crippen LogP contribution is -2.13. The Kier molecular flexibility index (Phi) is 9.82. The van der Waals surface area contributed by atoms with Gasteiger partial charge in [0, 0.05) is 43.4 Å². The van der Waals surface area contributed by atoms with Crippen LogP contribution >= 0.6 is 0 Å². The zero-order chi connectivity index (χ0) is 21.1. The fraction of sp³-hybridized carbons (Fsp3) is 0.348. The quantitative estimate of drug-likeness (QED) is 0.676. The monoisotopic (exact) mass is 382 g/mol. The minimum absolute atomic E-state index is 0.00109. The average molecular weight is 383 g/mol. The first-order valence-electron chi connectivity index (χ1n) is 9.51. The Labute approximate surface area is 169 Å². The van der Waals surface area contributed by atoms with Crippen LogP contribution in [0.15, 0.2) is 65.2 Å². The number of aromatic nitrogens is 1. The number of nitrogens with zero attached hydrogens (tertiary/aromatic N) is 1. The van der Waals surface area contributed by atoms with Gasteiger partial charge in [-0.15, -0.1) is 6.58 Å². The highest BCUT2D eigenvalue weighted by atomic mass is 16.1. The lowest BCUT2D eigenvalue weighted by molar-refractivity contribution is 0.862. The second-order valence-electron chi connectivity index (χ2n) is 6.68. The SMILES string of the molecule is C=CC.CNC.CNc1cc(NC(C)=C2CC2)cc(-c2ccc(=O)n(C)c2)c1. The fourth-order valence-corrected chi connectivity index (χ4v) is 2.52. The van der Waals surface area contributed by atoms with Gasteiger partial charge in [-0.05, 0) is 76.2 Å². The van der Waals surface area contributed by atoms with Crippen LogP contribution in [0.25, 0.3) is 11.1 Å². The van der Waals surface area contributed by atoms with E-state index in [0.29, 0.717) is 0 Å². The molecule has 0 atom stereocenters. The van der Waals surface area contributed by atoms with Gasteiger partial charge in [0.1, 0.15) is 0 Å². The van der Waals surface area contributed by atoms with E-state index in [1.165, 1.54) is 24.1 Å². The van der Waals surface area contributed by atoms with Crippen molar-refractivity contribution < 1.29 is 0 Å². The molecule has 5 heteroatoms. The van der Waals surface area contributed by atoms with Gasteiger partial charge in [-0.1, -0.05) is 11.6 Å². The summed E-state index contributed by atoms with van der Waals surface area (Å²) in [5.41, 5.74) is 6.96. The van der Waals surface area contributed by atoms with Crippen molar-refractivity contribution in [1.82, 2.24) is 9.88 Å². The molecule has 1 aromatic carbocycles. The van der Waals surface area contributed by atoms with E-state index in [1.54, 1.807) is 23.8 Å². The Morgan fingerprint density at radius 2 is 1.64 bits per heavy atom. The van der Waals surface area contributed by atoms with Crippen molar-refractivity contribution >= 4 is 11.4 Å². The van der Waals surface area contributed by atoms with E-state index in [4.69, 9.17) is 0 Å². The lowest BCUT2D eigenvalue weighted by Gasteiger charge is -2.13. The highest BCUT2D eigenvalue weighted by Gasteiger charge is 2.15. The van der Waals surface area contributed by atoms with Gasteiger partial charge in [0.05, 0.1) is 0 Å². The fourth-order valence-electron chi connectivity index (χ4n) is 2.52. The van der Waals surface area contributed by atoms with Crippen LogP contribution in [-0.2, 0) is 7.05 Å². The summed E-state index contributed by atoms with van der Waals surface area (Å²) in [5, 5.41) is 9.43. The number of pyridine rings is 1. The third-order valence-corrected chi connectivity index (χ3v) is 4.00. The van der Waals surface area contributed by atoms with Crippen LogP contribution < -0.4 is 21.5 Å². The predicted octanol–water partition coefficient (Wildman–Crippen LogP) is 4.60. The van der Waals surface area contributed by atoms with Crippen molar-refractivity contribution in [2.24, 2.45) is 7.05 Å². The molecule has 0 amide bonds. The third-order valence-electron chi connectivity index (χ3n) is 4.00. The second-order valence-corrected chi connectivity index (χ2v) is 6.68. The second kappa shape index (κ2) is 11.8. The summed E-state index contributed by atoms with van der Waals surface area (Å²) in [6.45, 7) is 7.38. The lowest BCUT2D eigenvalue weighted by atomic mass is 10.1. The van der Waals surface area contributed by atoms with E-state index >= 15 is 0 Å². The molecule has 0 radical (unpaired) electrons. The Bertz CT molecular complexity index is 859. The molecule has 1 aliphatic rings. The van der Waals surface area contributed by atoms with Crippen LogP contribution in [0.2, 0.25) is 0 Å². The Hall–Kier alpha value is -2.79. The molecule has 28 heavy (non-hydrogen) atoms. The van der Waals surface area contributed by atoms with Crippen LogP contribution in [-0.4, -0.2) is 25.7 Å². The summed E-state index contributed by atoms with van der Waals surface area (Å²) in [6.07, 6.45) is 6.03. The smallest absolute Gasteiger partial charge is 0.250 e. The molecule has 3 rings (SSSR count). The molecule has 0 aliphatic heterocycles. The summed E-state index contributed by atoms with van der Waals surface area (Å²) in [5.74, 6) is 0. The number of anilines is 2. The molecule has 1 aromatic heterocycles. The Balaban J connectivity index is 0.000000582. The molecular weight excluding hydrogens is 348 g/mol.